The molecule has 0 saturated carbocycles. The Kier molecular flexibility index (Phi) is 3.69. The smallest absolute Gasteiger partial charge is 0.334 e. The van der Waals surface area contributed by atoms with Gasteiger partial charge in [-0.2, -0.15) is 0 Å². The third-order valence-electron chi connectivity index (χ3n) is 2.98. The lowest BCUT2D eigenvalue weighted by Crippen LogP contribution is -2.35. The van der Waals surface area contributed by atoms with Gasteiger partial charge in [0.1, 0.15) is 5.72 Å². The van der Waals surface area contributed by atoms with Crippen LogP contribution in [0.25, 0.3) is 0 Å². The number of nitrogen functional groups attached to an aromatic ring is 1. The molecule has 1 heterocycles. The van der Waals surface area contributed by atoms with Crippen molar-refractivity contribution in [3.63, 3.8) is 0 Å². The molecule has 104 valence electrons. The number of carboxylic acid groups (broad SMARTS) is 1. The van der Waals surface area contributed by atoms with Crippen molar-refractivity contribution in [3.05, 3.63) is 28.8 Å². The predicted molar refractivity (Wildman–Crippen MR) is 71.7 cm³/mol. The largest absolute Gasteiger partial charge is 0.479 e. The molecule has 0 aromatic heterocycles. The number of hydrogen-bond acceptors (Lipinski definition) is 5. The van der Waals surface area contributed by atoms with Crippen molar-refractivity contribution in [1.29, 1.82) is 0 Å². The Morgan fingerprint density at radius 3 is 2.84 bits per heavy atom. The first kappa shape index (κ1) is 14.1. The van der Waals surface area contributed by atoms with Gasteiger partial charge in [-0.3, -0.25) is 11.2 Å². The van der Waals surface area contributed by atoms with E-state index in [0.717, 1.165) is 5.56 Å². The second kappa shape index (κ2) is 4.97. The molecule has 0 aliphatic carbocycles. The molecule has 2 unspecified atom stereocenters. The maximum atomic E-state index is 11.3. The van der Waals surface area contributed by atoms with E-state index in [2.05, 4.69) is 10.7 Å². The Labute approximate surface area is 115 Å². The number of hydrogen-bond donors (Lipinski definition) is 4. The van der Waals surface area contributed by atoms with E-state index < -0.39 is 23.8 Å². The summed E-state index contributed by atoms with van der Waals surface area (Å²) in [7, 11) is 0. The molecule has 1 aromatic rings. The summed E-state index contributed by atoms with van der Waals surface area (Å²) >= 11 is 5.95. The van der Waals surface area contributed by atoms with Gasteiger partial charge >= 0.3 is 5.97 Å². The molecule has 1 saturated heterocycles. The second-order valence-corrected chi connectivity index (χ2v) is 5.30. The van der Waals surface area contributed by atoms with Gasteiger partial charge in [0.25, 0.3) is 0 Å². The molecule has 2 rings (SSSR count). The highest BCUT2D eigenvalue weighted by Crippen LogP contribution is 2.34. The van der Waals surface area contributed by atoms with Crippen molar-refractivity contribution in [3.8, 4) is 0 Å². The van der Waals surface area contributed by atoms with E-state index >= 15 is 0 Å². The summed E-state index contributed by atoms with van der Waals surface area (Å²) < 4.78 is 5.49. The Balaban J connectivity index is 2.36. The predicted octanol–water partition coefficient (Wildman–Crippen LogP) is 1.48. The minimum Gasteiger partial charge on any atom is -0.479 e. The van der Waals surface area contributed by atoms with Gasteiger partial charge < -0.3 is 15.3 Å². The maximum absolute atomic E-state index is 11.3. The molecule has 1 aromatic carbocycles. The van der Waals surface area contributed by atoms with E-state index in [9.17, 15) is 9.90 Å². The van der Waals surface area contributed by atoms with Crippen LogP contribution in [0.4, 0.5) is 5.69 Å². The molecule has 7 heteroatoms. The van der Waals surface area contributed by atoms with Gasteiger partial charge in [-0.05, 0) is 31.5 Å². The number of benzene rings is 1. The first-order valence-corrected chi connectivity index (χ1v) is 6.16. The number of nitrogens with one attached hydrogen (secondary N) is 2. The van der Waals surface area contributed by atoms with E-state index in [-0.39, 0.29) is 0 Å². The lowest BCUT2D eigenvalue weighted by atomic mass is 10.0. The maximum Gasteiger partial charge on any atom is 0.334 e. The normalized spacial score (nSPS) is 25.3. The SMILES string of the molecule is CC1(C)NC(c2ccc(Cl)c(NN)c2)C(C(=O)O)O1. The molecule has 0 amide bonds. The van der Waals surface area contributed by atoms with Crippen molar-refractivity contribution in [2.24, 2.45) is 5.84 Å². The highest BCUT2D eigenvalue weighted by molar-refractivity contribution is 6.33. The number of carbonyl (C=O) groups is 1. The third-order valence-corrected chi connectivity index (χ3v) is 3.31. The minimum atomic E-state index is -1.01. The first-order chi connectivity index (χ1) is 8.84. The monoisotopic (exact) mass is 285 g/mol. The van der Waals surface area contributed by atoms with Crippen LogP contribution in [0.3, 0.4) is 0 Å². The lowest BCUT2D eigenvalue weighted by molar-refractivity contribution is -0.153. The molecule has 6 nitrogen and oxygen atoms in total. The molecule has 0 bridgehead atoms. The van der Waals surface area contributed by atoms with Crippen molar-refractivity contribution in [2.75, 3.05) is 5.43 Å². The second-order valence-electron chi connectivity index (χ2n) is 4.89. The third kappa shape index (κ3) is 2.82. The lowest BCUT2D eigenvalue weighted by Gasteiger charge is -2.18. The standard InChI is InChI=1S/C12H16ClN3O3/c1-12(2)15-9(10(19-12)11(17)18)6-3-4-7(13)8(5-6)16-14/h3-5,9-10,15-16H,14H2,1-2H3,(H,17,18). The summed E-state index contributed by atoms with van der Waals surface area (Å²) in [5, 5.41) is 12.8. The number of halogens is 1. The summed E-state index contributed by atoms with van der Waals surface area (Å²) in [6, 6.07) is 4.66. The Morgan fingerprint density at radius 2 is 2.26 bits per heavy atom. The fourth-order valence-electron chi connectivity index (χ4n) is 2.17. The number of hydrazine groups is 1. The highest BCUT2D eigenvalue weighted by atomic mass is 35.5. The Morgan fingerprint density at radius 1 is 1.58 bits per heavy atom. The number of rotatable bonds is 3. The van der Waals surface area contributed by atoms with Crippen LogP contribution in [-0.4, -0.2) is 22.9 Å². The van der Waals surface area contributed by atoms with Gasteiger partial charge in [0.15, 0.2) is 6.10 Å². The molecular weight excluding hydrogens is 270 g/mol. The zero-order valence-corrected chi connectivity index (χ0v) is 11.4. The number of ether oxygens (including phenoxy) is 1. The molecule has 2 atom stereocenters. The summed E-state index contributed by atoms with van der Waals surface area (Å²) in [5.74, 6) is 4.35. The molecule has 1 aliphatic rings. The number of nitrogens with two attached hydrogens (primary N) is 1. The van der Waals surface area contributed by atoms with Crippen molar-refractivity contribution >= 4 is 23.3 Å². The zero-order valence-electron chi connectivity index (χ0n) is 10.6. The topological polar surface area (TPSA) is 96.6 Å². The Bertz CT molecular complexity index is 507. The summed E-state index contributed by atoms with van der Waals surface area (Å²) in [6.45, 7) is 3.56. The minimum absolute atomic E-state index is 0.461. The zero-order chi connectivity index (χ0) is 14.2. The van der Waals surface area contributed by atoms with Crippen molar-refractivity contribution in [2.45, 2.75) is 31.7 Å². The van der Waals surface area contributed by atoms with Crippen molar-refractivity contribution in [1.82, 2.24) is 5.32 Å². The molecule has 1 aliphatic heterocycles. The van der Waals surface area contributed by atoms with E-state index in [4.69, 9.17) is 22.2 Å². The number of anilines is 1. The van der Waals surface area contributed by atoms with Crippen LogP contribution >= 0.6 is 11.6 Å². The fourth-order valence-corrected chi connectivity index (χ4v) is 2.34. The molecular formula is C12H16ClN3O3. The molecule has 0 spiro atoms. The van der Waals surface area contributed by atoms with E-state index in [0.29, 0.717) is 10.7 Å². The van der Waals surface area contributed by atoms with Crippen LogP contribution in [-0.2, 0) is 9.53 Å². The number of carboxylic acids is 1. The van der Waals surface area contributed by atoms with Crippen LogP contribution in [0.1, 0.15) is 25.5 Å². The van der Waals surface area contributed by atoms with E-state index in [1.165, 1.54) is 0 Å². The van der Waals surface area contributed by atoms with Gasteiger partial charge in [-0.15, -0.1) is 0 Å². The molecule has 19 heavy (non-hydrogen) atoms. The quantitative estimate of drug-likeness (QED) is 0.496. The average molecular weight is 286 g/mol. The van der Waals surface area contributed by atoms with Crippen LogP contribution in [0.15, 0.2) is 18.2 Å². The number of aliphatic carboxylic acids is 1. The van der Waals surface area contributed by atoms with Gasteiger partial charge in [0, 0.05) is 0 Å². The van der Waals surface area contributed by atoms with Gasteiger partial charge in [-0.25, -0.2) is 4.79 Å². The Hall–Kier alpha value is -1.34. The summed E-state index contributed by atoms with van der Waals surface area (Å²) in [6.07, 6.45) is -0.957. The van der Waals surface area contributed by atoms with Crippen LogP contribution < -0.4 is 16.6 Å². The molecule has 1 fully saturated rings. The molecule has 5 N–H and O–H groups in total. The average Bonchev–Trinajstić information content (AvgIpc) is 2.66. The summed E-state index contributed by atoms with van der Waals surface area (Å²) in [5.41, 5.74) is 3.05. The van der Waals surface area contributed by atoms with Gasteiger partial charge in [-0.1, -0.05) is 17.7 Å². The van der Waals surface area contributed by atoms with Crippen LogP contribution in [0, 0.1) is 0 Å². The molecule has 0 radical (unpaired) electrons. The summed E-state index contributed by atoms with van der Waals surface area (Å²) in [4.78, 5) is 11.3. The van der Waals surface area contributed by atoms with Crippen LogP contribution in [0.5, 0.6) is 0 Å². The van der Waals surface area contributed by atoms with Crippen molar-refractivity contribution < 1.29 is 14.6 Å². The highest BCUT2D eigenvalue weighted by Gasteiger charge is 2.44. The van der Waals surface area contributed by atoms with Gasteiger partial charge in [0.2, 0.25) is 0 Å². The first-order valence-electron chi connectivity index (χ1n) is 5.78. The van der Waals surface area contributed by atoms with E-state index in [1.54, 1.807) is 32.0 Å². The van der Waals surface area contributed by atoms with Crippen LogP contribution in [0.2, 0.25) is 5.02 Å². The van der Waals surface area contributed by atoms with Gasteiger partial charge in [0.05, 0.1) is 16.8 Å². The fraction of sp³-hybridized carbons (Fsp3) is 0.417. The van der Waals surface area contributed by atoms with E-state index in [1.807, 2.05) is 0 Å².